The van der Waals surface area contributed by atoms with Gasteiger partial charge in [0.25, 0.3) is 11.1 Å². The van der Waals surface area contributed by atoms with E-state index < -0.39 is 11.1 Å². The molecular weight excluding hydrogens is 488 g/mol. The van der Waals surface area contributed by atoms with Gasteiger partial charge in [-0.15, -0.1) is 0 Å². The molecule has 2 aliphatic rings. The van der Waals surface area contributed by atoms with Crippen LogP contribution < -0.4 is 9.47 Å². The zero-order chi connectivity index (χ0) is 24.8. The molecule has 7 nitrogen and oxygen atoms in total. The maximum Gasteiger partial charge on any atom is 0.294 e. The van der Waals surface area contributed by atoms with E-state index in [2.05, 4.69) is 0 Å². The number of amides is 3. The molecule has 2 aliphatic heterocycles. The molecule has 2 fully saturated rings. The quantitative estimate of drug-likeness (QED) is 0.441. The molecule has 0 atom stereocenters. The molecule has 0 unspecified atom stereocenters. The molecule has 35 heavy (non-hydrogen) atoms. The molecule has 3 amide bonds. The fourth-order valence-corrected chi connectivity index (χ4v) is 4.87. The van der Waals surface area contributed by atoms with Gasteiger partial charge in [-0.3, -0.25) is 19.3 Å². The van der Waals surface area contributed by atoms with E-state index in [0.29, 0.717) is 48.4 Å². The predicted molar refractivity (Wildman–Crippen MR) is 137 cm³/mol. The van der Waals surface area contributed by atoms with E-state index in [1.807, 2.05) is 19.1 Å². The molecule has 0 aliphatic carbocycles. The highest BCUT2D eigenvalue weighted by Crippen LogP contribution is 2.35. The van der Waals surface area contributed by atoms with Crippen molar-refractivity contribution in [3.8, 4) is 11.5 Å². The average molecular weight is 515 g/mol. The summed E-state index contributed by atoms with van der Waals surface area (Å²) in [6.45, 7) is 3.80. The molecule has 0 saturated carbocycles. The number of rotatable bonds is 8. The van der Waals surface area contributed by atoms with Gasteiger partial charge < -0.3 is 14.4 Å². The highest BCUT2D eigenvalue weighted by atomic mass is 35.5. The lowest BCUT2D eigenvalue weighted by molar-refractivity contribution is -0.136. The lowest BCUT2D eigenvalue weighted by atomic mass is 10.1. The smallest absolute Gasteiger partial charge is 0.294 e. The monoisotopic (exact) mass is 514 g/mol. The van der Waals surface area contributed by atoms with Crippen molar-refractivity contribution >= 4 is 46.5 Å². The highest BCUT2D eigenvalue weighted by Gasteiger charge is 2.37. The van der Waals surface area contributed by atoms with Gasteiger partial charge in [0, 0.05) is 18.1 Å². The van der Waals surface area contributed by atoms with E-state index in [1.54, 1.807) is 41.3 Å². The number of halogens is 1. The van der Waals surface area contributed by atoms with E-state index in [4.69, 9.17) is 21.1 Å². The summed E-state index contributed by atoms with van der Waals surface area (Å²) < 4.78 is 11.7. The van der Waals surface area contributed by atoms with Gasteiger partial charge in [-0.25, -0.2) is 0 Å². The largest absolute Gasteiger partial charge is 0.490 e. The molecule has 2 heterocycles. The number of thioether (sulfide) groups is 1. The van der Waals surface area contributed by atoms with Crippen molar-refractivity contribution in [2.75, 3.05) is 26.2 Å². The van der Waals surface area contributed by atoms with Gasteiger partial charge in [0.2, 0.25) is 5.91 Å². The summed E-state index contributed by atoms with van der Waals surface area (Å²) in [6, 6.07) is 12.7. The van der Waals surface area contributed by atoms with Gasteiger partial charge >= 0.3 is 0 Å². The Bertz CT molecular complexity index is 1130. The first-order valence-corrected chi connectivity index (χ1v) is 12.8. The molecule has 4 rings (SSSR count). The second-order valence-corrected chi connectivity index (χ2v) is 9.69. The molecule has 2 aromatic rings. The summed E-state index contributed by atoms with van der Waals surface area (Å²) in [7, 11) is 0. The minimum Gasteiger partial charge on any atom is -0.490 e. The fourth-order valence-electron chi connectivity index (χ4n) is 3.91. The van der Waals surface area contributed by atoms with Crippen LogP contribution in [0.15, 0.2) is 47.4 Å². The SMILES string of the molecule is CCOc1cc(/C=C2/SC(=O)N(CC(=O)N3CCCCC3)C2=O)ccc1OCc1ccc(Cl)cc1. The Hall–Kier alpha value is -2.97. The van der Waals surface area contributed by atoms with Gasteiger partial charge in [-0.1, -0.05) is 29.8 Å². The minimum absolute atomic E-state index is 0.186. The second-order valence-electron chi connectivity index (χ2n) is 8.26. The molecule has 184 valence electrons. The maximum absolute atomic E-state index is 12.9. The van der Waals surface area contributed by atoms with E-state index in [9.17, 15) is 14.4 Å². The predicted octanol–water partition coefficient (Wildman–Crippen LogP) is 5.37. The van der Waals surface area contributed by atoms with Crippen LogP contribution in [0.25, 0.3) is 6.08 Å². The molecule has 0 aromatic heterocycles. The van der Waals surface area contributed by atoms with Gasteiger partial charge in [0.15, 0.2) is 11.5 Å². The van der Waals surface area contributed by atoms with Gasteiger partial charge in [0.05, 0.1) is 11.5 Å². The van der Waals surface area contributed by atoms with Crippen molar-refractivity contribution in [2.45, 2.75) is 32.8 Å². The Morgan fingerprint density at radius 3 is 2.49 bits per heavy atom. The molecule has 0 bridgehead atoms. The van der Waals surface area contributed by atoms with Crippen molar-refractivity contribution in [2.24, 2.45) is 0 Å². The summed E-state index contributed by atoms with van der Waals surface area (Å²) in [5.41, 5.74) is 1.66. The van der Waals surface area contributed by atoms with Gasteiger partial charge in [-0.05, 0) is 79.4 Å². The molecule has 0 spiro atoms. The van der Waals surface area contributed by atoms with Crippen LogP contribution in [-0.2, 0) is 16.2 Å². The zero-order valence-electron chi connectivity index (χ0n) is 19.5. The standard InChI is InChI=1S/C26H27ClN2O5S/c1-2-33-22-14-19(8-11-21(22)34-17-18-6-9-20(27)10-7-18)15-23-25(31)29(26(32)35-23)16-24(30)28-12-4-3-5-13-28/h6-11,14-15H,2-5,12-13,16-17H2,1H3/b23-15+. The zero-order valence-corrected chi connectivity index (χ0v) is 21.1. The second kappa shape index (κ2) is 11.6. The first-order chi connectivity index (χ1) is 16.9. The Kier molecular flexibility index (Phi) is 8.36. The summed E-state index contributed by atoms with van der Waals surface area (Å²) >= 11 is 6.78. The Labute approximate surface area is 214 Å². The van der Waals surface area contributed by atoms with Crippen molar-refractivity contribution < 1.29 is 23.9 Å². The number of hydrogen-bond donors (Lipinski definition) is 0. The number of ether oxygens (including phenoxy) is 2. The van der Waals surface area contributed by atoms with E-state index in [1.165, 1.54) is 0 Å². The lowest BCUT2D eigenvalue weighted by Gasteiger charge is -2.27. The molecule has 0 radical (unpaired) electrons. The highest BCUT2D eigenvalue weighted by molar-refractivity contribution is 8.18. The number of imide groups is 1. The Morgan fingerprint density at radius 1 is 1.03 bits per heavy atom. The van der Waals surface area contributed by atoms with Crippen LogP contribution in [0.5, 0.6) is 11.5 Å². The van der Waals surface area contributed by atoms with Crippen LogP contribution in [0.4, 0.5) is 4.79 Å². The summed E-state index contributed by atoms with van der Waals surface area (Å²) in [5, 5.41) is 0.230. The molecule has 2 aromatic carbocycles. The normalized spacial score (nSPS) is 17.3. The van der Waals surface area contributed by atoms with Crippen LogP contribution in [0.3, 0.4) is 0 Å². The Balaban J connectivity index is 1.45. The summed E-state index contributed by atoms with van der Waals surface area (Å²) in [4.78, 5) is 40.9. The lowest BCUT2D eigenvalue weighted by Crippen LogP contribution is -2.44. The number of likely N-dealkylation sites (tertiary alicyclic amines) is 1. The van der Waals surface area contributed by atoms with Crippen LogP contribution >= 0.6 is 23.4 Å². The van der Waals surface area contributed by atoms with Crippen LogP contribution in [0, 0.1) is 0 Å². The molecular formula is C26H27ClN2O5S. The maximum atomic E-state index is 12.9. The van der Waals surface area contributed by atoms with Crippen molar-refractivity contribution in [1.82, 2.24) is 9.80 Å². The number of hydrogen-bond acceptors (Lipinski definition) is 6. The number of nitrogens with zero attached hydrogens (tertiary/aromatic N) is 2. The number of carbonyl (C=O) groups is 3. The average Bonchev–Trinajstić information content (AvgIpc) is 3.12. The first kappa shape index (κ1) is 25.1. The number of benzene rings is 2. The van der Waals surface area contributed by atoms with E-state index in [-0.39, 0.29) is 17.4 Å². The number of carbonyl (C=O) groups excluding carboxylic acids is 3. The third kappa shape index (κ3) is 6.38. The van der Waals surface area contributed by atoms with Crippen molar-refractivity contribution in [1.29, 1.82) is 0 Å². The third-order valence-electron chi connectivity index (χ3n) is 5.75. The topological polar surface area (TPSA) is 76.2 Å². The van der Waals surface area contributed by atoms with Crippen LogP contribution in [0.1, 0.15) is 37.3 Å². The van der Waals surface area contributed by atoms with E-state index in [0.717, 1.165) is 41.5 Å². The third-order valence-corrected chi connectivity index (χ3v) is 6.91. The Morgan fingerprint density at radius 2 is 1.77 bits per heavy atom. The first-order valence-electron chi connectivity index (χ1n) is 11.6. The van der Waals surface area contributed by atoms with Gasteiger partial charge in [-0.2, -0.15) is 0 Å². The van der Waals surface area contributed by atoms with Crippen LogP contribution in [-0.4, -0.2) is 53.1 Å². The van der Waals surface area contributed by atoms with Crippen molar-refractivity contribution in [3.63, 3.8) is 0 Å². The van der Waals surface area contributed by atoms with Crippen LogP contribution in [0.2, 0.25) is 5.02 Å². The van der Waals surface area contributed by atoms with Gasteiger partial charge in [0.1, 0.15) is 13.2 Å². The minimum atomic E-state index is -0.452. The summed E-state index contributed by atoms with van der Waals surface area (Å²) in [5.74, 6) is 0.467. The molecule has 9 heteroatoms. The van der Waals surface area contributed by atoms with Crippen molar-refractivity contribution in [3.05, 3.63) is 63.5 Å². The molecule has 2 saturated heterocycles. The fraction of sp³-hybridized carbons (Fsp3) is 0.346. The number of piperidine rings is 1. The molecule has 0 N–H and O–H groups in total. The summed E-state index contributed by atoms with van der Waals surface area (Å²) in [6.07, 6.45) is 4.65. The van der Waals surface area contributed by atoms with E-state index >= 15 is 0 Å².